The highest BCUT2D eigenvalue weighted by Gasteiger charge is 2.33. The zero-order chi connectivity index (χ0) is 18.7. The molecule has 0 spiro atoms. The molecule has 2 aromatic rings. The molecule has 0 N–H and O–H groups in total. The minimum Gasteiger partial charge on any atom is -0.385 e. The zero-order valence-electron chi connectivity index (χ0n) is 14.3. The fourth-order valence-electron chi connectivity index (χ4n) is 3.05. The fraction of sp³-hybridized carbons (Fsp3) is 0.500. The Morgan fingerprint density at radius 1 is 1.58 bits per heavy atom. The van der Waals surface area contributed by atoms with Crippen molar-refractivity contribution in [2.24, 2.45) is 0 Å². The topological polar surface area (TPSA) is 81.0 Å². The van der Waals surface area contributed by atoms with Gasteiger partial charge in [0.05, 0.1) is 17.2 Å². The van der Waals surface area contributed by atoms with E-state index < -0.39 is 9.84 Å². The summed E-state index contributed by atoms with van der Waals surface area (Å²) in [5, 5.41) is 2.22. The summed E-state index contributed by atoms with van der Waals surface area (Å²) in [4.78, 5) is 19.4. The van der Waals surface area contributed by atoms with Crippen molar-refractivity contribution in [2.75, 3.05) is 31.8 Å². The molecule has 142 valence electrons. The molecule has 3 heterocycles. The Hall–Kier alpha value is -1.42. The Morgan fingerprint density at radius 3 is 3.08 bits per heavy atom. The van der Waals surface area contributed by atoms with E-state index in [4.69, 9.17) is 16.3 Å². The van der Waals surface area contributed by atoms with Crippen molar-refractivity contribution < 1.29 is 17.9 Å². The van der Waals surface area contributed by atoms with Crippen LogP contribution in [0.25, 0.3) is 11.0 Å². The van der Waals surface area contributed by atoms with E-state index in [0.29, 0.717) is 36.8 Å². The second-order valence-corrected chi connectivity index (χ2v) is 9.57. The van der Waals surface area contributed by atoms with Gasteiger partial charge in [-0.3, -0.25) is 9.20 Å². The summed E-state index contributed by atoms with van der Waals surface area (Å²) in [6, 6.07) is -0.295. The molecule has 2 aromatic heterocycles. The van der Waals surface area contributed by atoms with Crippen molar-refractivity contribution in [3.8, 4) is 0 Å². The third kappa shape index (κ3) is 4.28. The number of hydrogen-bond acceptors (Lipinski definition) is 6. The van der Waals surface area contributed by atoms with Crippen LogP contribution in [0.5, 0.6) is 0 Å². The summed E-state index contributed by atoms with van der Waals surface area (Å²) >= 11 is 7.60. The van der Waals surface area contributed by atoms with Crippen molar-refractivity contribution in [1.29, 1.82) is 0 Å². The van der Waals surface area contributed by atoms with Crippen molar-refractivity contribution in [3.63, 3.8) is 0 Å². The highest BCUT2D eigenvalue weighted by molar-refractivity contribution is 7.91. The first-order valence-corrected chi connectivity index (χ1v) is 11.3. The largest absolute Gasteiger partial charge is 0.385 e. The average molecular weight is 418 g/mol. The van der Waals surface area contributed by atoms with Crippen molar-refractivity contribution in [1.82, 2.24) is 14.3 Å². The number of fused-ring (bicyclic) bond motifs is 1. The van der Waals surface area contributed by atoms with Gasteiger partial charge in [0.15, 0.2) is 20.0 Å². The molecular formula is C16H20ClN3O4S2. The van der Waals surface area contributed by atoms with Crippen LogP contribution in [0.4, 0.5) is 0 Å². The Morgan fingerprint density at radius 2 is 2.38 bits per heavy atom. The van der Waals surface area contributed by atoms with Gasteiger partial charge in [-0.15, -0.1) is 11.3 Å². The lowest BCUT2D eigenvalue weighted by Gasteiger charge is -2.27. The standard InChI is InChI=1S/C16H20ClN3O4S2/c1-24-8-2-6-19(12-5-10-26(22,23)11-12)14(21)4-3-13-15(17)18-16-20(13)7-9-25-16/h3-4,7,9,12H,2,5-6,8,10-11H2,1H3/b4-3+. The molecule has 7 nitrogen and oxygen atoms in total. The number of nitrogens with zero attached hydrogens (tertiary/aromatic N) is 3. The molecule has 0 aliphatic carbocycles. The highest BCUT2D eigenvalue weighted by atomic mass is 35.5. The van der Waals surface area contributed by atoms with Gasteiger partial charge in [0.2, 0.25) is 5.91 Å². The number of methoxy groups -OCH3 is 1. The maximum absolute atomic E-state index is 12.7. The molecule has 3 rings (SSSR count). The van der Waals surface area contributed by atoms with Gasteiger partial charge in [-0.05, 0) is 18.9 Å². The van der Waals surface area contributed by atoms with Crippen molar-refractivity contribution in [3.05, 3.63) is 28.5 Å². The first-order valence-electron chi connectivity index (χ1n) is 8.20. The lowest BCUT2D eigenvalue weighted by Crippen LogP contribution is -2.41. The van der Waals surface area contributed by atoms with E-state index in [2.05, 4.69) is 4.98 Å². The zero-order valence-corrected chi connectivity index (χ0v) is 16.7. The number of ether oxygens (including phenoxy) is 1. The van der Waals surface area contributed by atoms with Gasteiger partial charge < -0.3 is 9.64 Å². The maximum atomic E-state index is 12.7. The molecule has 1 saturated heterocycles. The lowest BCUT2D eigenvalue weighted by molar-refractivity contribution is -0.127. The third-order valence-electron chi connectivity index (χ3n) is 4.32. The number of aromatic nitrogens is 2. The molecule has 0 aromatic carbocycles. The predicted molar refractivity (Wildman–Crippen MR) is 102 cm³/mol. The van der Waals surface area contributed by atoms with Gasteiger partial charge in [0.25, 0.3) is 0 Å². The van der Waals surface area contributed by atoms with E-state index >= 15 is 0 Å². The summed E-state index contributed by atoms with van der Waals surface area (Å²) in [5.41, 5.74) is 0.632. The number of carbonyl (C=O) groups is 1. The lowest BCUT2D eigenvalue weighted by atomic mass is 10.2. The van der Waals surface area contributed by atoms with E-state index in [1.807, 2.05) is 16.0 Å². The van der Waals surface area contributed by atoms with Crippen molar-refractivity contribution >= 4 is 49.7 Å². The first-order chi connectivity index (χ1) is 12.4. The van der Waals surface area contributed by atoms with Crippen LogP contribution in [0.3, 0.4) is 0 Å². The summed E-state index contributed by atoms with van der Waals surface area (Å²) in [6.07, 6.45) is 6.02. The normalized spacial score (nSPS) is 19.5. The number of halogens is 1. The van der Waals surface area contributed by atoms with E-state index in [0.717, 1.165) is 4.96 Å². The molecule has 1 amide bonds. The van der Waals surface area contributed by atoms with Crippen LogP contribution in [0.1, 0.15) is 18.5 Å². The summed E-state index contributed by atoms with van der Waals surface area (Å²) in [7, 11) is -1.48. The van der Waals surface area contributed by atoms with Crippen LogP contribution >= 0.6 is 22.9 Å². The van der Waals surface area contributed by atoms with E-state index in [9.17, 15) is 13.2 Å². The molecule has 1 fully saturated rings. The average Bonchev–Trinajstić information content (AvgIpc) is 3.24. The second-order valence-electron chi connectivity index (χ2n) is 6.11. The molecule has 26 heavy (non-hydrogen) atoms. The minimum atomic E-state index is -3.07. The molecule has 1 aliphatic rings. The SMILES string of the molecule is COCCCN(C(=O)/C=C/c1c(Cl)nc2sccn12)C1CCS(=O)(=O)C1. The Labute approximate surface area is 161 Å². The summed E-state index contributed by atoms with van der Waals surface area (Å²) < 4.78 is 30.5. The maximum Gasteiger partial charge on any atom is 0.246 e. The molecule has 0 radical (unpaired) electrons. The molecular weight excluding hydrogens is 398 g/mol. The molecule has 1 aliphatic heterocycles. The molecule has 0 saturated carbocycles. The molecule has 10 heteroatoms. The van der Waals surface area contributed by atoms with Gasteiger partial charge in [0, 0.05) is 44.0 Å². The van der Waals surface area contributed by atoms with Gasteiger partial charge in [-0.25, -0.2) is 13.4 Å². The Bertz CT molecular complexity index is 919. The number of rotatable bonds is 7. The number of imidazole rings is 1. The number of carbonyl (C=O) groups excluding carboxylic acids is 1. The first kappa shape index (κ1) is 19.3. The minimum absolute atomic E-state index is 0.0157. The molecule has 1 unspecified atom stereocenters. The van der Waals surface area contributed by atoms with E-state index in [1.165, 1.54) is 17.4 Å². The van der Waals surface area contributed by atoms with Gasteiger partial charge in [0.1, 0.15) is 0 Å². The number of sulfone groups is 1. The van der Waals surface area contributed by atoms with Crippen LogP contribution in [0, 0.1) is 0 Å². The smallest absolute Gasteiger partial charge is 0.246 e. The monoisotopic (exact) mass is 417 g/mol. The Kier molecular flexibility index (Phi) is 6.01. The fourth-order valence-corrected chi connectivity index (χ4v) is 5.78. The van der Waals surface area contributed by atoms with Gasteiger partial charge >= 0.3 is 0 Å². The van der Waals surface area contributed by atoms with E-state index in [1.54, 1.807) is 18.1 Å². The summed E-state index contributed by atoms with van der Waals surface area (Å²) in [5.74, 6) is -0.0919. The quantitative estimate of drug-likeness (QED) is 0.509. The predicted octanol–water partition coefficient (Wildman–Crippen LogP) is 2.11. The van der Waals surface area contributed by atoms with Crippen molar-refractivity contribution in [2.45, 2.75) is 18.9 Å². The highest BCUT2D eigenvalue weighted by Crippen LogP contribution is 2.23. The third-order valence-corrected chi connectivity index (χ3v) is 7.10. The van der Waals surface area contributed by atoms with Gasteiger partial charge in [-0.1, -0.05) is 11.6 Å². The van der Waals surface area contributed by atoms with Crippen LogP contribution in [0.15, 0.2) is 17.7 Å². The van der Waals surface area contributed by atoms with E-state index in [-0.39, 0.29) is 23.5 Å². The second kappa shape index (κ2) is 8.08. The van der Waals surface area contributed by atoms with Crippen LogP contribution in [-0.2, 0) is 19.4 Å². The number of thiazole rings is 1. The van der Waals surface area contributed by atoms with Crippen LogP contribution in [-0.4, -0.2) is 66.4 Å². The molecule has 1 atom stereocenters. The summed E-state index contributed by atoms with van der Waals surface area (Å²) in [6.45, 7) is 0.960. The van der Waals surface area contributed by atoms with Gasteiger partial charge in [-0.2, -0.15) is 0 Å². The van der Waals surface area contributed by atoms with Crippen LogP contribution in [0.2, 0.25) is 5.15 Å². The Balaban J connectivity index is 1.78. The number of amides is 1. The van der Waals surface area contributed by atoms with Crippen LogP contribution < -0.4 is 0 Å². The molecule has 0 bridgehead atoms. The number of hydrogen-bond donors (Lipinski definition) is 0.